The minimum Gasteiger partial charge on any atom is -0.465 e. The number of aromatic nitrogens is 1. The minimum atomic E-state index is -0.419. The molecule has 1 amide bonds. The molecule has 0 radical (unpaired) electrons. The number of benzene rings is 1. The smallest absolute Gasteiger partial charge is 0.341 e. The maximum Gasteiger partial charge on any atom is 0.341 e. The van der Waals surface area contributed by atoms with Gasteiger partial charge in [0.25, 0.3) is 5.91 Å². The van der Waals surface area contributed by atoms with Gasteiger partial charge in [-0.05, 0) is 43.1 Å². The van der Waals surface area contributed by atoms with Crippen molar-refractivity contribution in [2.45, 2.75) is 47.0 Å². The number of ether oxygens (including phenoxy) is 1. The lowest BCUT2D eigenvalue weighted by molar-refractivity contribution is 0.0600. The van der Waals surface area contributed by atoms with Crippen molar-refractivity contribution in [1.29, 1.82) is 0 Å². The zero-order chi connectivity index (χ0) is 23.0. The average Bonchev–Trinajstić information content (AvgIpc) is 3.32. The summed E-state index contributed by atoms with van der Waals surface area (Å²) in [5, 5.41) is 7.60. The lowest BCUT2D eigenvalue weighted by Crippen LogP contribution is -2.26. The van der Waals surface area contributed by atoms with Gasteiger partial charge in [0.2, 0.25) is 0 Å². The number of nitrogens with one attached hydrogen (secondary N) is 1. The number of fused-ring (bicyclic) bond motifs is 1. The Bertz CT molecular complexity index is 1150. The van der Waals surface area contributed by atoms with Crippen molar-refractivity contribution < 1.29 is 18.8 Å². The highest BCUT2D eigenvalue weighted by atomic mass is 32.1. The van der Waals surface area contributed by atoms with Gasteiger partial charge in [-0.15, -0.1) is 11.3 Å². The van der Waals surface area contributed by atoms with Crippen LogP contribution in [0.2, 0.25) is 0 Å². The summed E-state index contributed by atoms with van der Waals surface area (Å²) in [7, 11) is 1.37. The monoisotopic (exact) mass is 452 g/mol. The highest BCUT2D eigenvalue weighted by Crippen LogP contribution is 2.44. The van der Waals surface area contributed by atoms with E-state index in [2.05, 4.69) is 31.2 Å². The summed E-state index contributed by atoms with van der Waals surface area (Å²) >= 11 is 1.47. The van der Waals surface area contributed by atoms with Gasteiger partial charge >= 0.3 is 5.97 Å². The Balaban J connectivity index is 1.70. The van der Waals surface area contributed by atoms with E-state index in [0.29, 0.717) is 33.5 Å². The standard InChI is InChI=1S/C25H28N2O4S/c1-14-19(21(27-31-14)15-9-7-6-8-10-15)22(28)26-23-20(24(29)30-5)17-12-11-16(25(2,3)4)13-18(17)32-23/h6-10,16H,11-13H2,1-5H3,(H,26,28)/t16-/m0/s1. The van der Waals surface area contributed by atoms with Crippen LogP contribution in [0, 0.1) is 18.3 Å². The molecule has 0 bridgehead atoms. The van der Waals surface area contributed by atoms with E-state index in [1.54, 1.807) is 6.92 Å². The molecule has 1 aliphatic rings. The van der Waals surface area contributed by atoms with E-state index in [4.69, 9.17) is 9.26 Å². The van der Waals surface area contributed by atoms with Crippen molar-refractivity contribution in [1.82, 2.24) is 5.16 Å². The molecule has 6 nitrogen and oxygen atoms in total. The second kappa shape index (κ2) is 8.54. The molecule has 1 aromatic carbocycles. The van der Waals surface area contributed by atoms with Gasteiger partial charge in [0.05, 0.1) is 12.7 Å². The van der Waals surface area contributed by atoms with Crippen molar-refractivity contribution in [3.05, 3.63) is 57.7 Å². The summed E-state index contributed by atoms with van der Waals surface area (Å²) in [6.07, 6.45) is 2.70. The van der Waals surface area contributed by atoms with E-state index in [0.717, 1.165) is 35.3 Å². The first-order valence-electron chi connectivity index (χ1n) is 10.8. The molecule has 1 aliphatic carbocycles. The van der Waals surface area contributed by atoms with Crippen molar-refractivity contribution >= 4 is 28.2 Å². The zero-order valence-corrected chi connectivity index (χ0v) is 19.9. The van der Waals surface area contributed by atoms with Crippen LogP contribution in [0.1, 0.15) is 64.1 Å². The number of carbonyl (C=O) groups is 2. The highest BCUT2D eigenvalue weighted by molar-refractivity contribution is 7.17. The lowest BCUT2D eigenvalue weighted by Gasteiger charge is -2.33. The molecule has 0 fully saturated rings. The number of anilines is 1. The molecule has 168 valence electrons. The van der Waals surface area contributed by atoms with E-state index < -0.39 is 5.97 Å². The van der Waals surface area contributed by atoms with Crippen LogP contribution in [0.4, 0.5) is 5.00 Å². The Morgan fingerprint density at radius 3 is 2.56 bits per heavy atom. The molecule has 32 heavy (non-hydrogen) atoms. The van der Waals surface area contributed by atoms with Crippen LogP contribution in [-0.2, 0) is 17.6 Å². The molecule has 2 aromatic heterocycles. The van der Waals surface area contributed by atoms with Crippen LogP contribution >= 0.6 is 11.3 Å². The molecule has 1 N–H and O–H groups in total. The Morgan fingerprint density at radius 1 is 1.19 bits per heavy atom. The van der Waals surface area contributed by atoms with E-state index in [9.17, 15) is 9.59 Å². The van der Waals surface area contributed by atoms with Crippen LogP contribution in [0.5, 0.6) is 0 Å². The predicted molar refractivity (Wildman–Crippen MR) is 125 cm³/mol. The molecule has 4 rings (SSSR count). The Labute approximate surface area is 192 Å². The topological polar surface area (TPSA) is 81.4 Å². The summed E-state index contributed by atoms with van der Waals surface area (Å²) in [6.45, 7) is 8.46. The number of nitrogens with zero attached hydrogens (tertiary/aromatic N) is 1. The normalized spacial score (nSPS) is 15.8. The molecule has 0 aliphatic heterocycles. The van der Waals surface area contributed by atoms with Crippen LogP contribution in [0.3, 0.4) is 0 Å². The van der Waals surface area contributed by atoms with Crippen LogP contribution in [0.15, 0.2) is 34.9 Å². The van der Waals surface area contributed by atoms with Gasteiger partial charge in [-0.3, -0.25) is 4.79 Å². The SMILES string of the molecule is COC(=O)c1c(NC(=O)c2c(-c3ccccc3)noc2C)sc2c1CC[C@H](C(C)(C)C)C2. The number of thiophene rings is 1. The fourth-order valence-corrected chi connectivity index (χ4v) is 5.64. The molecule has 3 aromatic rings. The average molecular weight is 453 g/mol. The molecule has 0 spiro atoms. The number of methoxy groups -OCH3 is 1. The first-order chi connectivity index (χ1) is 15.2. The largest absolute Gasteiger partial charge is 0.465 e. The molecule has 2 heterocycles. The van der Waals surface area contributed by atoms with Crippen LogP contribution < -0.4 is 5.32 Å². The summed E-state index contributed by atoms with van der Waals surface area (Å²) in [5.41, 5.74) is 3.30. The Kier molecular flexibility index (Phi) is 5.95. The van der Waals surface area contributed by atoms with Gasteiger partial charge in [0.1, 0.15) is 22.0 Å². The number of carbonyl (C=O) groups excluding carboxylic acids is 2. The van der Waals surface area contributed by atoms with Gasteiger partial charge in [-0.2, -0.15) is 0 Å². The number of rotatable bonds is 4. The Morgan fingerprint density at radius 2 is 1.91 bits per heavy atom. The van der Waals surface area contributed by atoms with Crippen LogP contribution in [-0.4, -0.2) is 24.1 Å². The van der Waals surface area contributed by atoms with Crippen molar-refractivity contribution in [2.75, 3.05) is 12.4 Å². The molecular formula is C25H28N2O4S. The minimum absolute atomic E-state index is 0.181. The quantitative estimate of drug-likeness (QED) is 0.498. The van der Waals surface area contributed by atoms with Gasteiger partial charge < -0.3 is 14.6 Å². The molecule has 0 saturated carbocycles. The van der Waals surface area contributed by atoms with Crippen LogP contribution in [0.25, 0.3) is 11.3 Å². The summed E-state index contributed by atoms with van der Waals surface area (Å²) in [4.78, 5) is 27.2. The number of aryl methyl sites for hydroxylation is 1. The molecular weight excluding hydrogens is 424 g/mol. The summed E-state index contributed by atoms with van der Waals surface area (Å²) < 4.78 is 10.4. The summed E-state index contributed by atoms with van der Waals surface area (Å²) in [6, 6.07) is 9.43. The maximum absolute atomic E-state index is 13.3. The van der Waals surface area contributed by atoms with E-state index in [1.165, 1.54) is 18.4 Å². The number of amides is 1. The van der Waals surface area contributed by atoms with Crippen molar-refractivity contribution in [3.63, 3.8) is 0 Å². The highest BCUT2D eigenvalue weighted by Gasteiger charge is 2.35. The third kappa shape index (κ3) is 4.09. The van der Waals surface area contributed by atoms with Gasteiger partial charge in [-0.1, -0.05) is 56.3 Å². The first kappa shape index (κ1) is 22.3. The van der Waals surface area contributed by atoms with E-state index in [-0.39, 0.29) is 11.3 Å². The van der Waals surface area contributed by atoms with Crippen molar-refractivity contribution in [2.24, 2.45) is 11.3 Å². The molecule has 7 heteroatoms. The lowest BCUT2D eigenvalue weighted by atomic mass is 9.72. The first-order valence-corrected chi connectivity index (χ1v) is 11.6. The number of hydrogen-bond acceptors (Lipinski definition) is 6. The molecule has 0 unspecified atom stereocenters. The van der Waals surface area contributed by atoms with Crippen molar-refractivity contribution in [3.8, 4) is 11.3 Å². The third-order valence-electron chi connectivity index (χ3n) is 6.24. The Hall–Kier alpha value is -2.93. The van der Waals surface area contributed by atoms with E-state index in [1.807, 2.05) is 30.3 Å². The number of hydrogen-bond donors (Lipinski definition) is 1. The van der Waals surface area contributed by atoms with Gasteiger partial charge in [0, 0.05) is 10.4 Å². The fraction of sp³-hybridized carbons (Fsp3) is 0.400. The zero-order valence-electron chi connectivity index (χ0n) is 19.1. The second-order valence-corrected chi connectivity index (χ2v) is 10.4. The maximum atomic E-state index is 13.3. The third-order valence-corrected chi connectivity index (χ3v) is 7.41. The predicted octanol–water partition coefficient (Wildman–Crippen LogP) is 5.90. The molecule has 0 saturated heterocycles. The second-order valence-electron chi connectivity index (χ2n) is 9.29. The van der Waals surface area contributed by atoms with E-state index >= 15 is 0 Å². The van der Waals surface area contributed by atoms with Gasteiger partial charge in [-0.25, -0.2) is 4.79 Å². The summed E-state index contributed by atoms with van der Waals surface area (Å²) in [5.74, 6) is 0.179. The molecule has 1 atom stereocenters. The van der Waals surface area contributed by atoms with Gasteiger partial charge in [0.15, 0.2) is 0 Å². The number of esters is 1. The fourth-order valence-electron chi connectivity index (χ4n) is 4.33.